The molecule has 0 saturated carbocycles. The first-order valence-corrected chi connectivity index (χ1v) is 6.72. The Morgan fingerprint density at radius 3 is 2.32 bits per heavy atom. The summed E-state index contributed by atoms with van der Waals surface area (Å²) >= 11 is 3.05. The van der Waals surface area contributed by atoms with Crippen LogP contribution in [0, 0.1) is 25.5 Å². The minimum Gasteiger partial charge on any atom is -0.379 e. The predicted octanol–water partition coefficient (Wildman–Crippen LogP) is 4.96. The molecule has 0 heterocycles. The largest absolute Gasteiger partial charge is 0.379 e. The average molecular weight is 326 g/mol. The predicted molar refractivity (Wildman–Crippen MR) is 77.3 cm³/mol. The van der Waals surface area contributed by atoms with Gasteiger partial charge >= 0.3 is 0 Å². The molecule has 19 heavy (non-hydrogen) atoms. The van der Waals surface area contributed by atoms with E-state index >= 15 is 0 Å². The zero-order valence-corrected chi connectivity index (χ0v) is 12.3. The SMILES string of the molecule is Cc1cccc(C)c1CNc1cc(Br)c(F)cc1F. The molecule has 100 valence electrons. The summed E-state index contributed by atoms with van der Waals surface area (Å²) in [5.74, 6) is -1.19. The zero-order chi connectivity index (χ0) is 14.0. The van der Waals surface area contributed by atoms with E-state index in [1.165, 1.54) is 6.07 Å². The first-order chi connectivity index (χ1) is 8.99. The Labute approximate surface area is 119 Å². The van der Waals surface area contributed by atoms with Gasteiger partial charge in [-0.1, -0.05) is 18.2 Å². The van der Waals surface area contributed by atoms with Gasteiger partial charge in [-0.05, 0) is 52.5 Å². The molecule has 2 rings (SSSR count). The van der Waals surface area contributed by atoms with Crippen molar-refractivity contribution in [3.05, 3.63) is 63.1 Å². The van der Waals surface area contributed by atoms with Gasteiger partial charge in [-0.3, -0.25) is 0 Å². The van der Waals surface area contributed by atoms with E-state index in [1.54, 1.807) is 0 Å². The highest BCUT2D eigenvalue weighted by Crippen LogP contribution is 2.24. The smallest absolute Gasteiger partial charge is 0.149 e. The Morgan fingerprint density at radius 2 is 1.68 bits per heavy atom. The third-order valence-corrected chi connectivity index (χ3v) is 3.72. The van der Waals surface area contributed by atoms with Crippen molar-refractivity contribution in [2.75, 3.05) is 5.32 Å². The summed E-state index contributed by atoms with van der Waals surface area (Å²) in [6.07, 6.45) is 0. The fourth-order valence-electron chi connectivity index (χ4n) is 1.97. The summed E-state index contributed by atoms with van der Waals surface area (Å²) in [5.41, 5.74) is 3.71. The molecule has 0 atom stereocenters. The summed E-state index contributed by atoms with van der Waals surface area (Å²) in [6.45, 7) is 4.54. The lowest BCUT2D eigenvalue weighted by Gasteiger charge is -2.13. The maximum atomic E-state index is 13.6. The lowest BCUT2D eigenvalue weighted by molar-refractivity contribution is 0.580. The van der Waals surface area contributed by atoms with Crippen LogP contribution < -0.4 is 5.32 Å². The summed E-state index contributed by atoms with van der Waals surface area (Å²) in [6, 6.07) is 8.31. The number of halogens is 3. The molecular weight excluding hydrogens is 312 g/mol. The van der Waals surface area contributed by atoms with E-state index in [0.717, 1.165) is 22.8 Å². The molecule has 1 N–H and O–H groups in total. The molecule has 0 aliphatic carbocycles. The molecule has 0 aliphatic rings. The van der Waals surface area contributed by atoms with Gasteiger partial charge in [0.05, 0.1) is 10.2 Å². The van der Waals surface area contributed by atoms with Crippen molar-refractivity contribution in [2.24, 2.45) is 0 Å². The van der Waals surface area contributed by atoms with Crippen LogP contribution in [0.25, 0.3) is 0 Å². The Balaban J connectivity index is 2.22. The van der Waals surface area contributed by atoms with Crippen LogP contribution in [0.2, 0.25) is 0 Å². The zero-order valence-electron chi connectivity index (χ0n) is 10.7. The van der Waals surface area contributed by atoms with Crippen molar-refractivity contribution in [2.45, 2.75) is 20.4 Å². The highest BCUT2D eigenvalue weighted by Gasteiger charge is 2.09. The first-order valence-electron chi connectivity index (χ1n) is 5.92. The third-order valence-electron chi connectivity index (χ3n) is 3.11. The molecule has 0 radical (unpaired) electrons. The van der Waals surface area contributed by atoms with E-state index < -0.39 is 11.6 Å². The molecule has 2 aromatic carbocycles. The van der Waals surface area contributed by atoms with Crippen LogP contribution in [-0.4, -0.2) is 0 Å². The summed E-state index contributed by atoms with van der Waals surface area (Å²) in [4.78, 5) is 0. The Hall–Kier alpha value is -1.42. The average Bonchev–Trinajstić information content (AvgIpc) is 2.34. The summed E-state index contributed by atoms with van der Waals surface area (Å²) in [7, 11) is 0. The Bertz CT molecular complexity index is 591. The van der Waals surface area contributed by atoms with Gasteiger partial charge in [-0.25, -0.2) is 8.78 Å². The van der Waals surface area contributed by atoms with Crippen LogP contribution in [0.15, 0.2) is 34.8 Å². The molecule has 0 saturated heterocycles. The number of anilines is 1. The number of benzene rings is 2. The minimum atomic E-state index is -0.602. The Kier molecular flexibility index (Phi) is 4.20. The van der Waals surface area contributed by atoms with E-state index in [0.29, 0.717) is 6.54 Å². The molecule has 0 amide bonds. The van der Waals surface area contributed by atoms with Crippen molar-refractivity contribution in [1.29, 1.82) is 0 Å². The minimum absolute atomic E-state index is 0.248. The maximum Gasteiger partial charge on any atom is 0.149 e. The van der Waals surface area contributed by atoms with Crippen molar-refractivity contribution in [3.8, 4) is 0 Å². The molecule has 0 aliphatic heterocycles. The number of nitrogens with one attached hydrogen (secondary N) is 1. The van der Waals surface area contributed by atoms with Crippen LogP contribution >= 0.6 is 15.9 Å². The molecule has 0 bridgehead atoms. The van der Waals surface area contributed by atoms with Crippen LogP contribution in [0.3, 0.4) is 0 Å². The van der Waals surface area contributed by atoms with Gasteiger partial charge in [0.15, 0.2) is 0 Å². The number of hydrogen-bond donors (Lipinski definition) is 1. The maximum absolute atomic E-state index is 13.6. The highest BCUT2D eigenvalue weighted by atomic mass is 79.9. The highest BCUT2D eigenvalue weighted by molar-refractivity contribution is 9.10. The second-order valence-corrected chi connectivity index (χ2v) is 5.32. The first kappa shape index (κ1) is 14.0. The molecule has 4 heteroatoms. The molecular formula is C15H14BrF2N. The van der Waals surface area contributed by atoms with Gasteiger partial charge in [0, 0.05) is 12.6 Å². The molecule has 0 aromatic heterocycles. The fraction of sp³-hybridized carbons (Fsp3) is 0.200. The monoisotopic (exact) mass is 325 g/mol. The molecule has 1 nitrogen and oxygen atoms in total. The van der Waals surface area contributed by atoms with Gasteiger partial charge in [-0.15, -0.1) is 0 Å². The molecule has 0 fully saturated rings. The van der Waals surface area contributed by atoms with Crippen molar-refractivity contribution >= 4 is 21.6 Å². The number of hydrogen-bond acceptors (Lipinski definition) is 1. The molecule has 0 spiro atoms. The van der Waals surface area contributed by atoms with E-state index in [9.17, 15) is 8.78 Å². The Morgan fingerprint density at radius 1 is 1.05 bits per heavy atom. The van der Waals surface area contributed by atoms with E-state index in [4.69, 9.17) is 0 Å². The van der Waals surface area contributed by atoms with E-state index in [-0.39, 0.29) is 10.2 Å². The van der Waals surface area contributed by atoms with E-state index in [2.05, 4.69) is 21.2 Å². The van der Waals surface area contributed by atoms with Crippen LogP contribution in [0.1, 0.15) is 16.7 Å². The fourth-order valence-corrected chi connectivity index (χ4v) is 2.31. The van der Waals surface area contributed by atoms with Gasteiger partial charge in [0.2, 0.25) is 0 Å². The lowest BCUT2D eigenvalue weighted by Crippen LogP contribution is -2.05. The molecule has 2 aromatic rings. The normalized spacial score (nSPS) is 10.6. The standard InChI is InChI=1S/C15H14BrF2N/c1-9-4-3-5-10(2)11(9)8-19-15-6-12(16)13(17)7-14(15)18/h3-7,19H,8H2,1-2H3. The van der Waals surface area contributed by atoms with Gasteiger partial charge in [0.25, 0.3) is 0 Å². The number of rotatable bonds is 3. The summed E-state index contributed by atoms with van der Waals surface area (Å²) < 4.78 is 27.0. The summed E-state index contributed by atoms with van der Waals surface area (Å²) in [5, 5.41) is 3.01. The molecule has 0 unspecified atom stereocenters. The van der Waals surface area contributed by atoms with E-state index in [1.807, 2.05) is 32.0 Å². The van der Waals surface area contributed by atoms with Gasteiger partial charge in [-0.2, -0.15) is 0 Å². The second-order valence-electron chi connectivity index (χ2n) is 4.47. The lowest BCUT2D eigenvalue weighted by atomic mass is 10.0. The quantitative estimate of drug-likeness (QED) is 0.787. The topological polar surface area (TPSA) is 12.0 Å². The van der Waals surface area contributed by atoms with Gasteiger partial charge < -0.3 is 5.32 Å². The van der Waals surface area contributed by atoms with Crippen molar-refractivity contribution in [3.63, 3.8) is 0 Å². The van der Waals surface area contributed by atoms with Gasteiger partial charge in [0.1, 0.15) is 11.6 Å². The van der Waals surface area contributed by atoms with Crippen LogP contribution in [0.5, 0.6) is 0 Å². The van der Waals surface area contributed by atoms with Crippen LogP contribution in [-0.2, 0) is 6.54 Å². The second kappa shape index (κ2) is 5.70. The number of aryl methyl sites for hydroxylation is 2. The van der Waals surface area contributed by atoms with Crippen molar-refractivity contribution in [1.82, 2.24) is 0 Å². The third kappa shape index (κ3) is 3.13. The van der Waals surface area contributed by atoms with Crippen LogP contribution in [0.4, 0.5) is 14.5 Å². The van der Waals surface area contributed by atoms with Crippen molar-refractivity contribution < 1.29 is 8.78 Å².